The van der Waals surface area contributed by atoms with Crippen LogP contribution in [0.25, 0.3) is 10.9 Å². The van der Waals surface area contributed by atoms with Gasteiger partial charge >= 0.3 is 5.97 Å². The van der Waals surface area contributed by atoms with E-state index in [4.69, 9.17) is 4.84 Å². The molecule has 1 unspecified atom stereocenters. The van der Waals surface area contributed by atoms with Gasteiger partial charge in [-0.2, -0.15) is 4.73 Å². The fourth-order valence-corrected chi connectivity index (χ4v) is 4.56. The number of methoxy groups -OCH3 is 1. The molecule has 0 spiro atoms. The van der Waals surface area contributed by atoms with Gasteiger partial charge < -0.3 is 30.4 Å². The highest BCUT2D eigenvalue weighted by molar-refractivity contribution is 5.90. The predicted molar refractivity (Wildman–Crippen MR) is 178 cm³/mol. The molecule has 11 heteroatoms. The Labute approximate surface area is 269 Å². The van der Waals surface area contributed by atoms with Crippen molar-refractivity contribution in [1.29, 1.82) is 0 Å². The lowest BCUT2D eigenvalue weighted by molar-refractivity contribution is -0.140. The molecule has 0 saturated carbocycles. The van der Waals surface area contributed by atoms with Gasteiger partial charge in [0, 0.05) is 30.2 Å². The Bertz CT molecular complexity index is 1170. The first-order chi connectivity index (χ1) is 21.6. The van der Waals surface area contributed by atoms with E-state index < -0.39 is 0 Å². The fraction of sp³-hybridized carbons (Fsp3) is 0.588. The van der Waals surface area contributed by atoms with Gasteiger partial charge in [-0.1, -0.05) is 71.2 Å². The summed E-state index contributed by atoms with van der Waals surface area (Å²) < 4.78 is 6.24. The van der Waals surface area contributed by atoms with E-state index in [1.54, 1.807) is 11.8 Å². The second kappa shape index (κ2) is 22.5. The molecule has 1 aromatic heterocycles. The Hall–Kier alpha value is -4.02. The number of carbonyl (C=O) groups excluding carboxylic acids is 4. The third-order valence-electron chi connectivity index (χ3n) is 7.36. The Morgan fingerprint density at radius 1 is 0.911 bits per heavy atom. The van der Waals surface area contributed by atoms with Gasteiger partial charge in [0.1, 0.15) is 13.2 Å². The van der Waals surface area contributed by atoms with E-state index in [1.807, 2.05) is 29.3 Å². The van der Waals surface area contributed by atoms with Crippen LogP contribution in [0.2, 0.25) is 0 Å². The van der Waals surface area contributed by atoms with Gasteiger partial charge in [0.2, 0.25) is 17.7 Å². The van der Waals surface area contributed by atoms with Crippen molar-refractivity contribution < 1.29 is 28.8 Å². The molecule has 11 nitrogen and oxygen atoms in total. The molecular weight excluding hydrogens is 574 g/mol. The Kier molecular flexibility index (Phi) is 19.5. The first-order valence-corrected chi connectivity index (χ1v) is 16.1. The molecule has 0 bridgehead atoms. The lowest BCUT2D eigenvalue weighted by Crippen LogP contribution is -2.53. The number of benzene rings is 1. The molecule has 252 valence electrons. The molecule has 3 heterocycles. The van der Waals surface area contributed by atoms with Gasteiger partial charge in [-0.25, -0.2) is 0 Å². The van der Waals surface area contributed by atoms with Crippen LogP contribution >= 0.6 is 0 Å². The molecule has 1 aromatic carbocycles. The highest BCUT2D eigenvalue weighted by Gasteiger charge is 2.30. The second-order valence-electron chi connectivity index (χ2n) is 10.9. The minimum Gasteiger partial charge on any atom is -0.469 e. The second-order valence-corrected chi connectivity index (χ2v) is 10.9. The summed E-state index contributed by atoms with van der Waals surface area (Å²) in [5.41, 5.74) is 3.09. The van der Waals surface area contributed by atoms with Gasteiger partial charge in [0.15, 0.2) is 0 Å². The van der Waals surface area contributed by atoms with Crippen molar-refractivity contribution in [2.24, 2.45) is 0 Å². The molecule has 2 aliphatic heterocycles. The highest BCUT2D eigenvalue weighted by Crippen LogP contribution is 2.21. The van der Waals surface area contributed by atoms with Gasteiger partial charge in [-0.3, -0.25) is 19.2 Å². The summed E-state index contributed by atoms with van der Waals surface area (Å²) in [4.78, 5) is 52.7. The number of ether oxygens (including phenoxy) is 1. The van der Waals surface area contributed by atoms with E-state index >= 15 is 0 Å². The highest BCUT2D eigenvalue weighted by atomic mass is 16.6. The Balaban J connectivity index is 0.000000344. The smallest absolute Gasteiger partial charge is 0.305 e. The molecule has 2 aromatic rings. The summed E-state index contributed by atoms with van der Waals surface area (Å²) in [6.45, 7) is 13.3. The molecule has 0 radical (unpaired) electrons. The summed E-state index contributed by atoms with van der Waals surface area (Å²) in [7, 11) is 3.10. The lowest BCUT2D eigenvalue weighted by Gasteiger charge is -2.37. The number of unbranched alkanes of at least 4 members (excludes halogenated alkanes) is 3. The zero-order valence-electron chi connectivity index (χ0n) is 28.2. The average molecular weight is 630 g/mol. The fourth-order valence-electron chi connectivity index (χ4n) is 4.56. The number of nitrogens with zero attached hydrogens (tertiary/aromatic N) is 2. The predicted octanol–water partition coefficient (Wildman–Crippen LogP) is 4.27. The number of hydrogen-bond acceptors (Lipinski definition) is 7. The minimum atomic E-state index is -0.366. The summed E-state index contributed by atoms with van der Waals surface area (Å²) >= 11 is 0. The SMILES string of the molecule is C=C1CNC(=O)CNC(=O)CNC(=O)C2CCCCN12.CCCC.CCCCCC(=O)OC.COn1cc(C)c2ccccc21. The van der Waals surface area contributed by atoms with Crippen molar-refractivity contribution in [3.8, 4) is 0 Å². The molecule has 2 fully saturated rings. The maximum absolute atomic E-state index is 12.2. The zero-order valence-corrected chi connectivity index (χ0v) is 28.2. The van der Waals surface area contributed by atoms with Crippen LogP contribution in [0.1, 0.15) is 84.1 Å². The number of aromatic nitrogens is 1. The molecule has 3 amide bonds. The molecule has 1 atom stereocenters. The Morgan fingerprint density at radius 3 is 2.18 bits per heavy atom. The van der Waals surface area contributed by atoms with Crippen molar-refractivity contribution in [2.45, 2.75) is 91.5 Å². The molecule has 45 heavy (non-hydrogen) atoms. The molecule has 3 N–H and O–H groups in total. The van der Waals surface area contributed by atoms with E-state index in [9.17, 15) is 19.2 Å². The maximum atomic E-state index is 12.2. The van der Waals surface area contributed by atoms with Gasteiger partial charge in [-0.15, -0.1) is 0 Å². The molecule has 4 rings (SSSR count). The third-order valence-corrected chi connectivity index (χ3v) is 7.36. The summed E-state index contributed by atoms with van der Waals surface area (Å²) in [5.74, 6) is -0.883. The largest absolute Gasteiger partial charge is 0.469 e. The number of hydrogen-bond donors (Lipinski definition) is 3. The van der Waals surface area contributed by atoms with Crippen LogP contribution < -0.4 is 20.8 Å². The number of carbonyl (C=O) groups is 4. The number of piperidine rings is 1. The van der Waals surface area contributed by atoms with Crippen molar-refractivity contribution >= 4 is 34.6 Å². The third kappa shape index (κ3) is 14.5. The van der Waals surface area contributed by atoms with Crippen LogP contribution in [0, 0.1) is 6.92 Å². The standard InChI is InChI=1S/C13H20N4O3.C10H11NO.C7H14O2.C4H10/c1-9-6-14-11(18)7-15-12(19)8-16-13(20)10-4-2-3-5-17(9)10;1-8-7-11(12-2)10-6-4-3-5-9(8)10;1-3-4-5-6-7(8)9-2;1-3-4-2/h10H,1-8H2,(H,14,18)(H,15,19)(H,16,20);3-7H,1-2H3;3-6H2,1-2H3;3-4H2,1-2H3. The molecule has 2 saturated heterocycles. The van der Waals surface area contributed by atoms with Crippen LogP contribution in [0.5, 0.6) is 0 Å². The van der Waals surface area contributed by atoms with E-state index in [0.717, 1.165) is 56.3 Å². The van der Waals surface area contributed by atoms with Crippen LogP contribution in [0.15, 0.2) is 42.7 Å². The molecule has 0 aliphatic carbocycles. The van der Waals surface area contributed by atoms with E-state index in [1.165, 1.54) is 30.9 Å². The molecule has 2 aliphatic rings. The number of fused-ring (bicyclic) bond motifs is 2. The zero-order chi connectivity index (χ0) is 33.6. The summed E-state index contributed by atoms with van der Waals surface area (Å²) in [6.07, 6.45) is 11.1. The van der Waals surface area contributed by atoms with Gasteiger partial charge in [0.05, 0.1) is 32.3 Å². The normalized spacial score (nSPS) is 16.7. The van der Waals surface area contributed by atoms with Gasteiger partial charge in [0.25, 0.3) is 0 Å². The average Bonchev–Trinajstić information content (AvgIpc) is 3.40. The van der Waals surface area contributed by atoms with Crippen molar-refractivity contribution in [1.82, 2.24) is 25.6 Å². The topological polar surface area (TPSA) is 131 Å². The summed E-state index contributed by atoms with van der Waals surface area (Å²) in [6, 6.07) is 7.89. The molecular formula is C34H55N5O6. The Morgan fingerprint density at radius 2 is 1.56 bits per heavy atom. The quantitative estimate of drug-likeness (QED) is 0.321. The number of esters is 1. The number of nitrogens with one attached hydrogen (secondary N) is 3. The van der Waals surface area contributed by atoms with Crippen LogP contribution in [-0.4, -0.2) is 79.8 Å². The number of para-hydroxylation sites is 1. The van der Waals surface area contributed by atoms with Crippen molar-refractivity contribution in [2.75, 3.05) is 40.4 Å². The van der Waals surface area contributed by atoms with Crippen molar-refractivity contribution in [3.05, 3.63) is 48.3 Å². The van der Waals surface area contributed by atoms with Crippen LogP contribution in [0.4, 0.5) is 0 Å². The van der Waals surface area contributed by atoms with E-state index in [0.29, 0.717) is 13.0 Å². The lowest BCUT2D eigenvalue weighted by atomic mass is 10.0. The first kappa shape index (κ1) is 39.0. The van der Waals surface area contributed by atoms with Gasteiger partial charge in [-0.05, 0) is 44.2 Å². The number of rotatable bonds is 6. The van der Waals surface area contributed by atoms with Crippen molar-refractivity contribution in [3.63, 3.8) is 0 Å². The monoisotopic (exact) mass is 629 g/mol. The van der Waals surface area contributed by atoms with E-state index in [2.05, 4.69) is 61.0 Å². The van der Waals surface area contributed by atoms with Crippen LogP contribution in [0.3, 0.4) is 0 Å². The van der Waals surface area contributed by atoms with E-state index in [-0.39, 0.29) is 42.8 Å². The van der Waals surface area contributed by atoms with Crippen LogP contribution in [-0.2, 0) is 23.9 Å². The minimum absolute atomic E-state index is 0.0919. The summed E-state index contributed by atoms with van der Waals surface area (Å²) in [5, 5.41) is 9.01. The maximum Gasteiger partial charge on any atom is 0.305 e. The first-order valence-electron chi connectivity index (χ1n) is 16.1. The number of aryl methyl sites for hydroxylation is 1. The number of amides is 3.